The first-order chi connectivity index (χ1) is 23.0. The molecule has 2 amide bonds. The first-order valence-electron chi connectivity index (χ1n) is 14.6. The summed E-state index contributed by atoms with van der Waals surface area (Å²) in [6.07, 6.45) is 5.59. The van der Waals surface area contributed by atoms with Crippen LogP contribution < -0.4 is 20.1 Å². The van der Waals surface area contributed by atoms with Gasteiger partial charge in [-0.25, -0.2) is 19.2 Å². The van der Waals surface area contributed by atoms with Gasteiger partial charge in [-0.15, -0.1) is 0 Å². The van der Waals surface area contributed by atoms with Crippen molar-refractivity contribution in [1.29, 1.82) is 0 Å². The highest BCUT2D eigenvalue weighted by Gasteiger charge is 2.23. The van der Waals surface area contributed by atoms with E-state index in [9.17, 15) is 18.8 Å². The number of fused-ring (bicyclic) bond motifs is 2. The number of amides is 2. The molecular weight excluding hydrogens is 621 g/mol. The van der Waals surface area contributed by atoms with Gasteiger partial charge in [-0.05, 0) is 48.0 Å². The fraction of sp³-hybridized carbons (Fsp3) is 0.176. The number of carboxylic acids is 1. The van der Waals surface area contributed by atoms with Crippen LogP contribution in [-0.4, -0.2) is 68.6 Å². The van der Waals surface area contributed by atoms with Crippen molar-refractivity contribution in [3.63, 3.8) is 0 Å². The van der Waals surface area contributed by atoms with Gasteiger partial charge in [0.2, 0.25) is 0 Å². The van der Waals surface area contributed by atoms with Gasteiger partial charge in [-0.3, -0.25) is 14.6 Å². The molecule has 13 nitrogen and oxygen atoms in total. The standard InChI is InChI=1S/C26H27N5O4.C8H5FN2O2/c1-26(2,15-28-25(33)23-30-19-11-12-27-14-20(19)31-23)17-6-8-18(9-7-17)29-24(32)16-5-10-21(34-3)22(13-16)35-4;9-4-1-5-6(8(12)13)3-11-7(5)10-2-4/h5-14H,15H2,1-4H3,(H,28,33)(H,29,32)(H,30,31);1-3H,(H,10,11)(H,12,13). The maximum atomic E-state index is 12.7. The molecule has 0 aliphatic heterocycles. The Kier molecular flexibility index (Phi) is 9.64. The highest BCUT2D eigenvalue weighted by Crippen LogP contribution is 2.28. The number of anilines is 1. The number of ether oxygens (including phenoxy) is 2. The fourth-order valence-electron chi connectivity index (χ4n) is 4.79. The third-order valence-corrected chi connectivity index (χ3v) is 7.49. The van der Waals surface area contributed by atoms with Crippen LogP contribution in [0.3, 0.4) is 0 Å². The number of pyridine rings is 2. The van der Waals surface area contributed by atoms with Gasteiger partial charge in [0.05, 0.1) is 43.2 Å². The van der Waals surface area contributed by atoms with Crippen LogP contribution in [0.15, 0.2) is 79.4 Å². The van der Waals surface area contributed by atoms with Crippen molar-refractivity contribution in [3.05, 3.63) is 108 Å². The van der Waals surface area contributed by atoms with Gasteiger partial charge in [0.15, 0.2) is 17.3 Å². The third kappa shape index (κ3) is 7.39. The van der Waals surface area contributed by atoms with E-state index < -0.39 is 11.8 Å². The van der Waals surface area contributed by atoms with E-state index in [1.54, 1.807) is 43.8 Å². The number of halogens is 1. The molecule has 2 aromatic carbocycles. The number of carbonyl (C=O) groups excluding carboxylic acids is 2. The summed E-state index contributed by atoms with van der Waals surface area (Å²) < 4.78 is 23.2. The predicted octanol–water partition coefficient (Wildman–Crippen LogP) is 5.34. The van der Waals surface area contributed by atoms with Crippen LogP contribution in [0.25, 0.3) is 22.1 Å². The zero-order valence-electron chi connectivity index (χ0n) is 26.4. The number of methoxy groups -OCH3 is 2. The number of aromatic amines is 2. The summed E-state index contributed by atoms with van der Waals surface area (Å²) in [5, 5.41) is 14.8. The number of hydrogen-bond donors (Lipinski definition) is 5. The summed E-state index contributed by atoms with van der Waals surface area (Å²) in [7, 11) is 3.07. The molecule has 6 rings (SSSR count). The quantitative estimate of drug-likeness (QED) is 0.138. The lowest BCUT2D eigenvalue weighted by molar-refractivity contribution is 0.0698. The number of imidazole rings is 1. The molecule has 4 aromatic heterocycles. The summed E-state index contributed by atoms with van der Waals surface area (Å²) in [5.74, 6) is -0.900. The molecule has 0 aliphatic rings. The zero-order valence-corrected chi connectivity index (χ0v) is 26.4. The minimum atomic E-state index is -1.10. The minimum Gasteiger partial charge on any atom is -0.493 e. The SMILES string of the molecule is COc1ccc(C(=O)Nc2ccc(C(C)(C)CNC(=O)c3nc4ccncc4[nH]3)cc2)cc1OC.O=C(O)c1c[nH]c2ncc(F)cc12. The molecule has 48 heavy (non-hydrogen) atoms. The van der Waals surface area contributed by atoms with Gasteiger partial charge in [0.1, 0.15) is 11.5 Å². The zero-order chi connectivity index (χ0) is 34.4. The van der Waals surface area contributed by atoms with Crippen LogP contribution in [-0.2, 0) is 5.41 Å². The molecule has 0 atom stereocenters. The second-order valence-corrected chi connectivity index (χ2v) is 11.2. The fourth-order valence-corrected chi connectivity index (χ4v) is 4.79. The van der Waals surface area contributed by atoms with Crippen molar-refractivity contribution >= 4 is 45.5 Å². The van der Waals surface area contributed by atoms with Gasteiger partial charge in [0.25, 0.3) is 11.8 Å². The number of H-pyrrole nitrogens is 2. The lowest BCUT2D eigenvalue weighted by Gasteiger charge is -2.25. The summed E-state index contributed by atoms with van der Waals surface area (Å²) >= 11 is 0. The molecule has 0 saturated carbocycles. The van der Waals surface area contributed by atoms with Crippen molar-refractivity contribution in [2.24, 2.45) is 0 Å². The summed E-state index contributed by atoms with van der Waals surface area (Å²) in [5.41, 5.74) is 3.57. The number of hydrogen-bond acceptors (Lipinski definition) is 8. The van der Waals surface area contributed by atoms with Gasteiger partial charge in [-0.1, -0.05) is 26.0 Å². The van der Waals surface area contributed by atoms with E-state index in [2.05, 4.69) is 35.6 Å². The average molecular weight is 654 g/mol. The molecule has 0 saturated heterocycles. The van der Waals surface area contributed by atoms with E-state index in [4.69, 9.17) is 14.6 Å². The molecule has 0 unspecified atom stereocenters. The molecular formula is C34H32FN7O6. The molecule has 14 heteroatoms. The van der Waals surface area contributed by atoms with Crippen LogP contribution in [0.2, 0.25) is 0 Å². The van der Waals surface area contributed by atoms with Crippen LogP contribution in [0.1, 0.15) is 50.7 Å². The van der Waals surface area contributed by atoms with E-state index in [1.807, 2.05) is 38.1 Å². The average Bonchev–Trinajstić information content (AvgIpc) is 3.72. The van der Waals surface area contributed by atoms with Crippen LogP contribution in [0, 0.1) is 5.82 Å². The van der Waals surface area contributed by atoms with Crippen molar-refractivity contribution in [2.75, 3.05) is 26.1 Å². The number of aromatic carboxylic acids is 1. The van der Waals surface area contributed by atoms with E-state index in [-0.39, 0.29) is 34.0 Å². The number of carboxylic acid groups (broad SMARTS) is 1. The third-order valence-electron chi connectivity index (χ3n) is 7.49. The van der Waals surface area contributed by atoms with Crippen molar-refractivity contribution in [2.45, 2.75) is 19.3 Å². The van der Waals surface area contributed by atoms with E-state index in [1.165, 1.54) is 13.3 Å². The maximum Gasteiger partial charge on any atom is 0.337 e. The summed E-state index contributed by atoms with van der Waals surface area (Å²) in [4.78, 5) is 53.5. The molecule has 0 radical (unpaired) electrons. The molecule has 0 fully saturated rings. The summed E-state index contributed by atoms with van der Waals surface area (Å²) in [6.45, 7) is 4.47. The molecule has 0 spiro atoms. The minimum absolute atomic E-state index is 0.0296. The maximum absolute atomic E-state index is 12.7. The number of aromatic nitrogens is 5. The van der Waals surface area contributed by atoms with Gasteiger partial charge in [-0.2, -0.15) is 0 Å². The van der Waals surface area contributed by atoms with E-state index in [0.717, 1.165) is 17.8 Å². The number of rotatable bonds is 9. The first-order valence-corrected chi connectivity index (χ1v) is 14.6. The molecule has 6 aromatic rings. The molecule has 5 N–H and O–H groups in total. The normalized spacial score (nSPS) is 11.0. The Balaban J connectivity index is 0.000000288. The second kappa shape index (κ2) is 14.0. The van der Waals surface area contributed by atoms with Crippen molar-refractivity contribution < 1.29 is 33.4 Å². The molecule has 4 heterocycles. The summed E-state index contributed by atoms with van der Waals surface area (Å²) in [6, 6.07) is 15.4. The molecule has 246 valence electrons. The van der Waals surface area contributed by atoms with Crippen molar-refractivity contribution in [3.8, 4) is 11.5 Å². The number of benzene rings is 2. The number of carbonyl (C=O) groups is 3. The van der Waals surface area contributed by atoms with E-state index >= 15 is 0 Å². The van der Waals surface area contributed by atoms with Crippen LogP contribution >= 0.6 is 0 Å². The van der Waals surface area contributed by atoms with Crippen molar-refractivity contribution in [1.82, 2.24) is 30.2 Å². The highest BCUT2D eigenvalue weighted by molar-refractivity contribution is 6.04. The Morgan fingerprint density at radius 1 is 0.958 bits per heavy atom. The predicted molar refractivity (Wildman–Crippen MR) is 176 cm³/mol. The highest BCUT2D eigenvalue weighted by atomic mass is 19.1. The Bertz CT molecular complexity index is 2070. The van der Waals surface area contributed by atoms with Crippen LogP contribution in [0.5, 0.6) is 11.5 Å². The number of nitrogens with zero attached hydrogens (tertiary/aromatic N) is 3. The Labute approximate surface area is 273 Å². The Morgan fingerprint density at radius 3 is 2.40 bits per heavy atom. The largest absolute Gasteiger partial charge is 0.493 e. The first kappa shape index (κ1) is 33.1. The second-order valence-electron chi connectivity index (χ2n) is 11.2. The Hall–Kier alpha value is -6.31. The lowest BCUT2D eigenvalue weighted by atomic mass is 9.84. The topological polar surface area (TPSA) is 184 Å². The lowest BCUT2D eigenvalue weighted by Crippen LogP contribution is -2.37. The van der Waals surface area contributed by atoms with Gasteiger partial charge in [0, 0.05) is 41.0 Å². The van der Waals surface area contributed by atoms with Gasteiger partial charge < -0.3 is 35.2 Å². The molecule has 0 aliphatic carbocycles. The van der Waals surface area contributed by atoms with Crippen LogP contribution in [0.4, 0.5) is 10.1 Å². The monoisotopic (exact) mass is 653 g/mol. The smallest absolute Gasteiger partial charge is 0.337 e. The van der Waals surface area contributed by atoms with Gasteiger partial charge >= 0.3 is 5.97 Å². The Morgan fingerprint density at radius 2 is 1.71 bits per heavy atom. The number of nitrogens with one attached hydrogen (secondary N) is 4. The molecule has 0 bridgehead atoms. The van der Waals surface area contributed by atoms with E-state index in [0.29, 0.717) is 46.0 Å².